The molecular weight excluding hydrogens is 424 g/mol. The van der Waals surface area contributed by atoms with Crippen LogP contribution in [0.3, 0.4) is 0 Å². The van der Waals surface area contributed by atoms with Gasteiger partial charge in [-0.3, -0.25) is 20.2 Å². The van der Waals surface area contributed by atoms with Gasteiger partial charge in [-0.2, -0.15) is 8.42 Å². The van der Waals surface area contributed by atoms with Crippen LogP contribution in [0.2, 0.25) is 5.02 Å². The maximum absolute atomic E-state index is 12.4. The van der Waals surface area contributed by atoms with Crippen LogP contribution in [0.4, 0.5) is 4.79 Å². The highest BCUT2D eigenvalue weighted by atomic mass is 35.5. The second-order valence-electron chi connectivity index (χ2n) is 5.70. The topological polar surface area (TPSA) is 128 Å². The average Bonchev–Trinajstić information content (AvgIpc) is 2.65. The molecule has 3 rings (SSSR count). The predicted molar refractivity (Wildman–Crippen MR) is 102 cm³/mol. The van der Waals surface area contributed by atoms with Gasteiger partial charge in [-0.1, -0.05) is 17.7 Å². The molecular formula is C18H13ClN2O7S. The Labute approximate surface area is 170 Å². The lowest BCUT2D eigenvalue weighted by Crippen LogP contribution is -2.51. The Morgan fingerprint density at radius 2 is 1.55 bits per heavy atom. The normalized spacial score (nSPS) is 14.1. The van der Waals surface area contributed by atoms with Crippen LogP contribution in [0, 0.1) is 0 Å². The number of carbonyl (C=O) groups is 3. The summed E-state index contributed by atoms with van der Waals surface area (Å²) in [6.45, 7) is 0. The van der Waals surface area contributed by atoms with Crippen LogP contribution in [0.1, 0.15) is 5.56 Å². The molecule has 1 fully saturated rings. The Hall–Kier alpha value is -3.37. The molecule has 0 aromatic heterocycles. The van der Waals surface area contributed by atoms with Gasteiger partial charge < -0.3 is 8.92 Å². The van der Waals surface area contributed by atoms with E-state index in [1.807, 2.05) is 10.6 Å². The van der Waals surface area contributed by atoms with Gasteiger partial charge in [0.2, 0.25) is 0 Å². The standard InChI is InChI=1S/C18H13ClN2O7S/c1-27-15-9-10(8-13-16(22)20-18(24)21-17(13)23)2-7-14(15)28-29(25,26)12-5-3-11(19)4-6-12/h2-9H,1H3,(H2,20,21,22,23,24). The molecule has 11 heteroatoms. The number of ether oxygens (including phenoxy) is 1. The molecule has 1 aliphatic rings. The molecule has 1 aliphatic heterocycles. The minimum absolute atomic E-state index is 0.0459. The molecule has 29 heavy (non-hydrogen) atoms. The molecule has 2 aromatic rings. The second-order valence-corrected chi connectivity index (χ2v) is 7.68. The molecule has 2 N–H and O–H groups in total. The Kier molecular flexibility index (Phi) is 5.57. The highest BCUT2D eigenvalue weighted by Gasteiger charge is 2.28. The lowest BCUT2D eigenvalue weighted by atomic mass is 10.1. The fraction of sp³-hybridized carbons (Fsp3) is 0.0556. The number of nitrogens with one attached hydrogen (secondary N) is 2. The number of rotatable bonds is 5. The van der Waals surface area contributed by atoms with Crippen LogP contribution in [-0.4, -0.2) is 33.4 Å². The van der Waals surface area contributed by atoms with Crippen LogP contribution in [-0.2, 0) is 19.7 Å². The molecule has 9 nitrogen and oxygen atoms in total. The summed E-state index contributed by atoms with van der Waals surface area (Å²) in [5.74, 6) is -1.77. The largest absolute Gasteiger partial charge is 0.493 e. The summed E-state index contributed by atoms with van der Waals surface area (Å²) in [4.78, 5) is 34.6. The van der Waals surface area contributed by atoms with Crippen molar-refractivity contribution in [3.05, 3.63) is 58.6 Å². The van der Waals surface area contributed by atoms with E-state index in [-0.39, 0.29) is 22.0 Å². The Bertz CT molecular complexity index is 1120. The summed E-state index contributed by atoms with van der Waals surface area (Å²) in [6, 6.07) is 8.60. The van der Waals surface area contributed by atoms with Crippen molar-refractivity contribution >= 4 is 45.6 Å². The van der Waals surface area contributed by atoms with Crippen LogP contribution < -0.4 is 19.6 Å². The fourth-order valence-corrected chi connectivity index (χ4v) is 3.45. The van der Waals surface area contributed by atoms with Crippen molar-refractivity contribution < 1.29 is 31.7 Å². The maximum Gasteiger partial charge on any atom is 0.339 e. The van der Waals surface area contributed by atoms with Crippen molar-refractivity contribution in [1.82, 2.24) is 10.6 Å². The Morgan fingerprint density at radius 1 is 0.931 bits per heavy atom. The number of halogens is 1. The zero-order valence-corrected chi connectivity index (χ0v) is 16.3. The number of barbiturate groups is 1. The van der Waals surface area contributed by atoms with Crippen LogP contribution in [0.15, 0.2) is 52.9 Å². The highest BCUT2D eigenvalue weighted by Crippen LogP contribution is 2.31. The third-order valence-electron chi connectivity index (χ3n) is 3.74. The van der Waals surface area contributed by atoms with Crippen LogP contribution in [0.25, 0.3) is 6.08 Å². The molecule has 4 amide bonds. The maximum atomic E-state index is 12.4. The summed E-state index contributed by atoms with van der Waals surface area (Å²) >= 11 is 5.76. The number of urea groups is 1. The molecule has 1 saturated heterocycles. The smallest absolute Gasteiger partial charge is 0.339 e. The van der Waals surface area contributed by atoms with E-state index in [2.05, 4.69) is 0 Å². The van der Waals surface area contributed by atoms with Crippen molar-refractivity contribution in [3.63, 3.8) is 0 Å². The fourth-order valence-electron chi connectivity index (χ4n) is 2.38. The van der Waals surface area contributed by atoms with Gasteiger partial charge in [-0.05, 0) is 48.0 Å². The number of hydrogen-bond donors (Lipinski definition) is 2. The third kappa shape index (κ3) is 4.55. The van der Waals surface area contributed by atoms with Crippen molar-refractivity contribution in [2.24, 2.45) is 0 Å². The lowest BCUT2D eigenvalue weighted by Gasteiger charge is -2.14. The first kappa shape index (κ1) is 20.4. The van der Waals surface area contributed by atoms with Crippen molar-refractivity contribution in [2.45, 2.75) is 4.90 Å². The average molecular weight is 437 g/mol. The van der Waals surface area contributed by atoms with Gasteiger partial charge in [0.25, 0.3) is 11.8 Å². The molecule has 0 unspecified atom stereocenters. The number of benzene rings is 2. The van der Waals surface area contributed by atoms with Gasteiger partial charge in [0.15, 0.2) is 11.5 Å². The summed E-state index contributed by atoms with van der Waals surface area (Å²) < 4.78 is 35.1. The van der Waals surface area contributed by atoms with Gasteiger partial charge >= 0.3 is 16.1 Å². The molecule has 0 atom stereocenters. The quantitative estimate of drug-likeness (QED) is 0.416. The summed E-state index contributed by atoms with van der Waals surface area (Å²) in [6.07, 6.45) is 1.22. The van der Waals surface area contributed by atoms with E-state index in [1.165, 1.54) is 55.7 Å². The Balaban J connectivity index is 1.90. The van der Waals surface area contributed by atoms with E-state index in [0.29, 0.717) is 10.6 Å². The first-order chi connectivity index (χ1) is 13.7. The highest BCUT2D eigenvalue weighted by molar-refractivity contribution is 7.87. The summed E-state index contributed by atoms with van der Waals surface area (Å²) in [5.41, 5.74) is 0.0434. The first-order valence-corrected chi connectivity index (χ1v) is 9.74. The molecule has 0 saturated carbocycles. The third-order valence-corrected chi connectivity index (χ3v) is 5.24. The van der Waals surface area contributed by atoms with Crippen molar-refractivity contribution in [2.75, 3.05) is 7.11 Å². The van der Waals surface area contributed by atoms with Gasteiger partial charge in [0, 0.05) is 5.02 Å². The monoisotopic (exact) mass is 436 g/mol. The van der Waals surface area contributed by atoms with E-state index < -0.39 is 28.0 Å². The van der Waals surface area contributed by atoms with Crippen molar-refractivity contribution in [1.29, 1.82) is 0 Å². The molecule has 150 valence electrons. The molecule has 0 spiro atoms. The summed E-state index contributed by atoms with van der Waals surface area (Å²) in [7, 11) is -2.85. The number of amides is 4. The van der Waals surface area contributed by atoms with Gasteiger partial charge in [-0.25, -0.2) is 4.79 Å². The molecule has 0 aliphatic carbocycles. The SMILES string of the molecule is COc1cc(C=C2C(=O)NC(=O)NC2=O)ccc1OS(=O)(=O)c1ccc(Cl)cc1. The number of hydrogen-bond acceptors (Lipinski definition) is 7. The number of methoxy groups -OCH3 is 1. The predicted octanol–water partition coefficient (Wildman–Crippen LogP) is 1.87. The van der Waals surface area contributed by atoms with Crippen molar-refractivity contribution in [3.8, 4) is 11.5 Å². The van der Waals surface area contributed by atoms with Gasteiger partial charge in [-0.15, -0.1) is 0 Å². The van der Waals surface area contributed by atoms with E-state index in [9.17, 15) is 22.8 Å². The molecule has 0 radical (unpaired) electrons. The molecule has 1 heterocycles. The lowest BCUT2D eigenvalue weighted by molar-refractivity contribution is -0.123. The molecule has 2 aromatic carbocycles. The van der Waals surface area contributed by atoms with Gasteiger partial charge in [0.1, 0.15) is 10.5 Å². The van der Waals surface area contributed by atoms with E-state index >= 15 is 0 Å². The zero-order valence-electron chi connectivity index (χ0n) is 14.8. The van der Waals surface area contributed by atoms with Crippen LogP contribution in [0.5, 0.6) is 11.5 Å². The Morgan fingerprint density at radius 3 is 2.14 bits per heavy atom. The second kappa shape index (κ2) is 7.94. The minimum Gasteiger partial charge on any atom is -0.493 e. The van der Waals surface area contributed by atoms with Gasteiger partial charge in [0.05, 0.1) is 7.11 Å². The number of imide groups is 2. The zero-order chi connectivity index (χ0) is 21.2. The first-order valence-electron chi connectivity index (χ1n) is 7.96. The number of carbonyl (C=O) groups excluding carboxylic acids is 3. The van der Waals surface area contributed by atoms with Crippen LogP contribution >= 0.6 is 11.6 Å². The van der Waals surface area contributed by atoms with E-state index in [0.717, 1.165) is 0 Å². The summed E-state index contributed by atoms with van der Waals surface area (Å²) in [5, 5.41) is 4.27. The van der Waals surface area contributed by atoms with E-state index in [1.54, 1.807) is 0 Å². The van der Waals surface area contributed by atoms with E-state index in [4.69, 9.17) is 20.5 Å². The molecule has 0 bridgehead atoms. The minimum atomic E-state index is -4.15.